The lowest BCUT2D eigenvalue weighted by Gasteiger charge is -2.38. The van der Waals surface area contributed by atoms with E-state index in [0.717, 1.165) is 25.4 Å². The minimum absolute atomic E-state index is 0.211. The predicted molar refractivity (Wildman–Crippen MR) is 69.7 cm³/mol. The number of aromatic nitrogens is 4. The number of morpholine rings is 1. The van der Waals surface area contributed by atoms with Crippen LogP contribution in [0, 0.1) is 0 Å². The minimum atomic E-state index is 0.211. The quantitative estimate of drug-likeness (QED) is 0.770. The monoisotopic (exact) mass is 266 g/mol. The molecule has 3 atom stereocenters. The van der Waals surface area contributed by atoms with Crippen LogP contribution in [-0.4, -0.2) is 70.0 Å². The van der Waals surface area contributed by atoms with Crippen LogP contribution in [0.5, 0.6) is 0 Å². The molecule has 1 aromatic rings. The number of ether oxygens (including phenoxy) is 1. The summed E-state index contributed by atoms with van der Waals surface area (Å²) in [6.45, 7) is 3.08. The van der Waals surface area contributed by atoms with Crippen molar-refractivity contribution in [2.24, 2.45) is 7.05 Å². The van der Waals surface area contributed by atoms with Crippen molar-refractivity contribution in [2.75, 3.05) is 26.7 Å². The van der Waals surface area contributed by atoms with Crippen molar-refractivity contribution >= 4 is 0 Å². The normalized spacial score (nSPS) is 29.4. The highest BCUT2D eigenvalue weighted by molar-refractivity contribution is 4.94. The van der Waals surface area contributed by atoms with E-state index in [-0.39, 0.29) is 12.1 Å². The second-order valence-electron chi connectivity index (χ2n) is 5.46. The third-order valence-corrected chi connectivity index (χ3v) is 4.19. The van der Waals surface area contributed by atoms with Gasteiger partial charge in [-0.05, 0) is 31.6 Å². The van der Waals surface area contributed by atoms with E-state index in [4.69, 9.17) is 4.74 Å². The SMILES string of the molecule is CNC(Cc1nnn(C)n1)C1CN2CCCC2CO1. The van der Waals surface area contributed by atoms with Crippen molar-refractivity contribution in [1.82, 2.24) is 30.4 Å². The Morgan fingerprint density at radius 3 is 3.16 bits per heavy atom. The van der Waals surface area contributed by atoms with Crippen molar-refractivity contribution in [3.05, 3.63) is 5.82 Å². The molecular formula is C12H22N6O. The number of likely N-dealkylation sites (N-methyl/N-ethyl adjacent to an activating group) is 1. The maximum atomic E-state index is 6.04. The Kier molecular flexibility index (Phi) is 3.76. The highest BCUT2D eigenvalue weighted by Crippen LogP contribution is 2.24. The van der Waals surface area contributed by atoms with Crippen molar-refractivity contribution < 1.29 is 4.74 Å². The van der Waals surface area contributed by atoms with Gasteiger partial charge in [0, 0.05) is 25.0 Å². The Morgan fingerprint density at radius 2 is 2.42 bits per heavy atom. The van der Waals surface area contributed by atoms with Crippen LogP contribution in [-0.2, 0) is 18.2 Å². The van der Waals surface area contributed by atoms with Gasteiger partial charge in [0.05, 0.1) is 19.8 Å². The summed E-state index contributed by atoms with van der Waals surface area (Å²) in [6, 6.07) is 0.883. The molecule has 2 saturated heterocycles. The first-order valence-electron chi connectivity index (χ1n) is 7.02. The third-order valence-electron chi connectivity index (χ3n) is 4.19. The number of nitrogens with zero attached hydrogens (tertiary/aromatic N) is 5. The zero-order chi connectivity index (χ0) is 13.2. The second-order valence-corrected chi connectivity index (χ2v) is 5.46. The van der Waals surface area contributed by atoms with Crippen LogP contribution in [0.4, 0.5) is 0 Å². The van der Waals surface area contributed by atoms with Gasteiger partial charge in [0.1, 0.15) is 0 Å². The molecule has 3 unspecified atom stereocenters. The molecule has 7 nitrogen and oxygen atoms in total. The fraction of sp³-hybridized carbons (Fsp3) is 0.917. The number of hydrogen-bond donors (Lipinski definition) is 1. The number of fused-ring (bicyclic) bond motifs is 1. The molecule has 19 heavy (non-hydrogen) atoms. The zero-order valence-corrected chi connectivity index (χ0v) is 11.6. The van der Waals surface area contributed by atoms with E-state index in [1.54, 1.807) is 7.05 Å². The minimum Gasteiger partial charge on any atom is -0.374 e. The molecule has 0 aromatic carbocycles. The second kappa shape index (κ2) is 5.52. The van der Waals surface area contributed by atoms with Gasteiger partial charge in [0.25, 0.3) is 0 Å². The van der Waals surface area contributed by atoms with Crippen LogP contribution in [0.3, 0.4) is 0 Å². The highest BCUT2D eigenvalue weighted by atomic mass is 16.5. The van der Waals surface area contributed by atoms with Crippen LogP contribution in [0.15, 0.2) is 0 Å². The molecule has 0 bridgehead atoms. The zero-order valence-electron chi connectivity index (χ0n) is 11.6. The van der Waals surface area contributed by atoms with E-state index < -0.39 is 0 Å². The van der Waals surface area contributed by atoms with Gasteiger partial charge in [-0.2, -0.15) is 4.80 Å². The van der Waals surface area contributed by atoms with Crippen molar-refractivity contribution in [3.63, 3.8) is 0 Å². The average Bonchev–Trinajstić information content (AvgIpc) is 3.03. The third kappa shape index (κ3) is 2.77. The molecule has 0 aliphatic carbocycles. The van der Waals surface area contributed by atoms with Crippen LogP contribution < -0.4 is 5.32 Å². The number of nitrogens with one attached hydrogen (secondary N) is 1. The first-order chi connectivity index (χ1) is 9.26. The Bertz CT molecular complexity index is 422. The van der Waals surface area contributed by atoms with Crippen molar-refractivity contribution in [3.8, 4) is 0 Å². The molecule has 0 radical (unpaired) electrons. The topological polar surface area (TPSA) is 68.1 Å². The van der Waals surface area contributed by atoms with Gasteiger partial charge in [0.15, 0.2) is 5.82 Å². The van der Waals surface area contributed by atoms with Crippen LogP contribution >= 0.6 is 0 Å². The summed E-state index contributed by atoms with van der Waals surface area (Å²) in [6.07, 6.45) is 3.55. The molecule has 0 spiro atoms. The Labute approximate surface area is 113 Å². The van der Waals surface area contributed by atoms with Gasteiger partial charge in [-0.25, -0.2) is 0 Å². The summed E-state index contributed by atoms with van der Waals surface area (Å²) in [5.74, 6) is 0.772. The van der Waals surface area contributed by atoms with Crippen molar-refractivity contribution in [2.45, 2.75) is 37.5 Å². The van der Waals surface area contributed by atoms with Gasteiger partial charge < -0.3 is 10.1 Å². The van der Waals surface area contributed by atoms with Crippen LogP contribution in [0.25, 0.3) is 0 Å². The lowest BCUT2D eigenvalue weighted by Crippen LogP contribution is -2.54. The Balaban J connectivity index is 1.62. The average molecular weight is 266 g/mol. The number of rotatable bonds is 4. The lowest BCUT2D eigenvalue weighted by atomic mass is 10.0. The molecule has 106 valence electrons. The molecule has 2 fully saturated rings. The van der Waals surface area contributed by atoms with E-state index in [1.165, 1.54) is 24.2 Å². The summed E-state index contributed by atoms with van der Waals surface area (Å²) in [5.41, 5.74) is 0. The number of aryl methyl sites for hydroxylation is 1. The molecule has 0 amide bonds. The van der Waals surface area contributed by atoms with Gasteiger partial charge in [0.2, 0.25) is 0 Å². The van der Waals surface area contributed by atoms with Gasteiger partial charge in [-0.1, -0.05) is 0 Å². The number of hydrogen-bond acceptors (Lipinski definition) is 6. The van der Waals surface area contributed by atoms with E-state index in [2.05, 4.69) is 25.6 Å². The molecule has 2 aliphatic rings. The summed E-state index contributed by atoms with van der Waals surface area (Å²) in [4.78, 5) is 4.06. The van der Waals surface area contributed by atoms with Crippen LogP contribution in [0.2, 0.25) is 0 Å². The van der Waals surface area contributed by atoms with E-state index in [1.807, 2.05) is 7.05 Å². The maximum Gasteiger partial charge on any atom is 0.176 e. The molecule has 3 heterocycles. The van der Waals surface area contributed by atoms with E-state index in [0.29, 0.717) is 6.04 Å². The Morgan fingerprint density at radius 1 is 1.53 bits per heavy atom. The Hall–Kier alpha value is -1.05. The van der Waals surface area contributed by atoms with E-state index >= 15 is 0 Å². The smallest absolute Gasteiger partial charge is 0.176 e. The molecule has 1 aromatic heterocycles. The first-order valence-corrected chi connectivity index (χ1v) is 7.02. The van der Waals surface area contributed by atoms with Crippen molar-refractivity contribution in [1.29, 1.82) is 0 Å². The predicted octanol–water partition coefficient (Wildman–Crippen LogP) is -0.796. The standard InChI is InChI=1S/C12H22N6O/c1-13-10(6-12-14-16-17(2)15-12)11-7-18-5-3-4-9(18)8-19-11/h9-11,13H,3-8H2,1-2H3. The molecular weight excluding hydrogens is 244 g/mol. The molecule has 2 aliphatic heterocycles. The van der Waals surface area contributed by atoms with Crippen LogP contribution in [0.1, 0.15) is 18.7 Å². The fourth-order valence-electron chi connectivity index (χ4n) is 3.11. The summed E-state index contributed by atoms with van der Waals surface area (Å²) in [5, 5.41) is 15.5. The van der Waals surface area contributed by atoms with Gasteiger partial charge >= 0.3 is 0 Å². The summed E-state index contributed by atoms with van der Waals surface area (Å²) in [7, 11) is 3.76. The number of tetrazole rings is 1. The lowest BCUT2D eigenvalue weighted by molar-refractivity contribution is -0.0636. The molecule has 1 N–H and O–H groups in total. The summed E-state index contributed by atoms with van der Waals surface area (Å²) < 4.78 is 6.04. The first kappa shape index (κ1) is 13.0. The summed E-state index contributed by atoms with van der Waals surface area (Å²) >= 11 is 0. The largest absolute Gasteiger partial charge is 0.374 e. The molecule has 0 saturated carbocycles. The van der Waals surface area contributed by atoms with E-state index in [9.17, 15) is 0 Å². The maximum absolute atomic E-state index is 6.04. The fourth-order valence-corrected chi connectivity index (χ4v) is 3.11. The van der Waals surface area contributed by atoms with Gasteiger partial charge in [-0.3, -0.25) is 4.90 Å². The highest BCUT2D eigenvalue weighted by Gasteiger charge is 2.35. The molecule has 7 heteroatoms. The van der Waals surface area contributed by atoms with Gasteiger partial charge in [-0.15, -0.1) is 10.2 Å². The molecule has 3 rings (SSSR count).